The van der Waals surface area contributed by atoms with E-state index >= 15 is 0 Å². The number of carbonyl (C=O) groups is 1. The number of hydrogen-bond donors (Lipinski definition) is 0. The summed E-state index contributed by atoms with van der Waals surface area (Å²) in [5.74, 6) is -0.171. The molecule has 0 aliphatic rings. The molecule has 0 saturated carbocycles. The summed E-state index contributed by atoms with van der Waals surface area (Å²) in [5, 5.41) is 0. The van der Waals surface area contributed by atoms with Crippen LogP contribution in [0.3, 0.4) is 0 Å². The highest BCUT2D eigenvalue weighted by atomic mass is 16.5. The van der Waals surface area contributed by atoms with Crippen LogP contribution in [0.25, 0.3) is 0 Å². The fourth-order valence-corrected chi connectivity index (χ4v) is 2.83. The van der Waals surface area contributed by atoms with Crippen LogP contribution >= 0.6 is 0 Å². The number of rotatable bonds is 7. The molecular formula is C20H25NO2. The molecule has 0 radical (unpaired) electrons. The maximum atomic E-state index is 11.7. The summed E-state index contributed by atoms with van der Waals surface area (Å²) in [6.45, 7) is 5.07. The Morgan fingerprint density at radius 3 is 2.13 bits per heavy atom. The number of hydrogen-bond acceptors (Lipinski definition) is 3. The molecule has 0 saturated heterocycles. The summed E-state index contributed by atoms with van der Waals surface area (Å²) in [5.41, 5.74) is 2.49. The zero-order valence-electron chi connectivity index (χ0n) is 14.1. The lowest BCUT2D eigenvalue weighted by Crippen LogP contribution is -2.36. The molecule has 3 nitrogen and oxygen atoms in total. The van der Waals surface area contributed by atoms with Gasteiger partial charge >= 0.3 is 5.97 Å². The van der Waals surface area contributed by atoms with Crippen LogP contribution in [0.5, 0.6) is 0 Å². The van der Waals surface area contributed by atoms with Crippen LogP contribution < -0.4 is 0 Å². The SMILES string of the molecule is COC(=O)CC(C)N(Cc1ccccc1)[C@H](C)c1ccccc1. The molecule has 0 heterocycles. The van der Waals surface area contributed by atoms with Crippen LogP contribution in [0.4, 0.5) is 0 Å². The van der Waals surface area contributed by atoms with Crippen molar-refractivity contribution < 1.29 is 9.53 Å². The number of nitrogens with zero attached hydrogens (tertiary/aromatic N) is 1. The van der Waals surface area contributed by atoms with Crippen molar-refractivity contribution >= 4 is 5.97 Å². The van der Waals surface area contributed by atoms with Gasteiger partial charge in [-0.2, -0.15) is 0 Å². The van der Waals surface area contributed by atoms with Gasteiger partial charge in [-0.05, 0) is 25.0 Å². The van der Waals surface area contributed by atoms with Gasteiger partial charge in [0.05, 0.1) is 13.5 Å². The second kappa shape index (κ2) is 8.49. The average molecular weight is 311 g/mol. The van der Waals surface area contributed by atoms with Crippen molar-refractivity contribution in [2.45, 2.75) is 38.9 Å². The number of benzene rings is 2. The molecule has 0 N–H and O–H groups in total. The van der Waals surface area contributed by atoms with Gasteiger partial charge in [0, 0.05) is 18.6 Å². The lowest BCUT2D eigenvalue weighted by Gasteiger charge is -2.34. The Hall–Kier alpha value is -2.13. The molecule has 2 aromatic rings. The van der Waals surface area contributed by atoms with Crippen molar-refractivity contribution in [1.82, 2.24) is 4.90 Å². The molecule has 3 heteroatoms. The third kappa shape index (κ3) is 4.93. The van der Waals surface area contributed by atoms with Crippen molar-refractivity contribution in [3.8, 4) is 0 Å². The predicted octanol–water partition coefficient (Wildman–Crippen LogP) is 4.20. The Bertz CT molecular complexity index is 598. The van der Waals surface area contributed by atoms with Crippen molar-refractivity contribution in [1.29, 1.82) is 0 Å². The number of methoxy groups -OCH3 is 1. The molecule has 0 aliphatic carbocycles. The molecule has 2 atom stereocenters. The Morgan fingerprint density at radius 2 is 1.57 bits per heavy atom. The van der Waals surface area contributed by atoms with Gasteiger partial charge in [-0.3, -0.25) is 9.69 Å². The van der Waals surface area contributed by atoms with Gasteiger partial charge in [-0.25, -0.2) is 0 Å². The smallest absolute Gasteiger partial charge is 0.307 e. The van der Waals surface area contributed by atoms with E-state index in [4.69, 9.17) is 4.74 Å². The highest BCUT2D eigenvalue weighted by molar-refractivity contribution is 5.69. The van der Waals surface area contributed by atoms with Gasteiger partial charge in [0.25, 0.3) is 0 Å². The van der Waals surface area contributed by atoms with E-state index in [1.807, 2.05) is 24.3 Å². The van der Waals surface area contributed by atoms with Crippen LogP contribution in [0.1, 0.15) is 37.4 Å². The summed E-state index contributed by atoms with van der Waals surface area (Å²) >= 11 is 0. The maximum absolute atomic E-state index is 11.7. The average Bonchev–Trinajstić information content (AvgIpc) is 2.60. The summed E-state index contributed by atoms with van der Waals surface area (Å²) in [7, 11) is 1.44. The van der Waals surface area contributed by atoms with Crippen molar-refractivity contribution in [3.63, 3.8) is 0 Å². The summed E-state index contributed by atoms with van der Waals surface area (Å²) < 4.78 is 4.84. The normalized spacial score (nSPS) is 13.6. The molecular weight excluding hydrogens is 286 g/mol. The van der Waals surface area contributed by atoms with Crippen LogP contribution in [0.2, 0.25) is 0 Å². The fourth-order valence-electron chi connectivity index (χ4n) is 2.83. The van der Waals surface area contributed by atoms with Gasteiger partial charge in [-0.1, -0.05) is 60.7 Å². The van der Waals surface area contributed by atoms with Gasteiger partial charge in [-0.15, -0.1) is 0 Å². The number of ether oxygens (including phenoxy) is 1. The zero-order valence-corrected chi connectivity index (χ0v) is 14.1. The first kappa shape index (κ1) is 17.2. The topological polar surface area (TPSA) is 29.5 Å². The first-order chi connectivity index (χ1) is 11.1. The highest BCUT2D eigenvalue weighted by Crippen LogP contribution is 2.26. The van der Waals surface area contributed by atoms with E-state index in [2.05, 4.69) is 55.1 Å². The third-order valence-electron chi connectivity index (χ3n) is 4.24. The van der Waals surface area contributed by atoms with E-state index in [-0.39, 0.29) is 18.1 Å². The molecule has 122 valence electrons. The predicted molar refractivity (Wildman–Crippen MR) is 92.9 cm³/mol. The minimum Gasteiger partial charge on any atom is -0.469 e. The summed E-state index contributed by atoms with van der Waals surface area (Å²) in [6.07, 6.45) is 0.389. The maximum Gasteiger partial charge on any atom is 0.307 e. The van der Waals surface area contributed by atoms with E-state index in [0.29, 0.717) is 6.42 Å². The molecule has 0 aliphatic heterocycles. The van der Waals surface area contributed by atoms with Crippen LogP contribution in [-0.2, 0) is 16.1 Å². The quantitative estimate of drug-likeness (QED) is 0.718. The minimum absolute atomic E-state index is 0.0952. The summed E-state index contributed by atoms with van der Waals surface area (Å²) in [6, 6.07) is 21.1. The van der Waals surface area contributed by atoms with Gasteiger partial charge in [0.2, 0.25) is 0 Å². The first-order valence-electron chi connectivity index (χ1n) is 8.03. The number of esters is 1. The van der Waals surface area contributed by atoms with Gasteiger partial charge < -0.3 is 4.74 Å². The molecule has 23 heavy (non-hydrogen) atoms. The van der Waals surface area contributed by atoms with E-state index < -0.39 is 0 Å². The molecule has 0 bridgehead atoms. The minimum atomic E-state index is -0.171. The third-order valence-corrected chi connectivity index (χ3v) is 4.24. The first-order valence-corrected chi connectivity index (χ1v) is 8.03. The van der Waals surface area contributed by atoms with E-state index in [9.17, 15) is 4.79 Å². The Kier molecular flexibility index (Phi) is 6.36. The largest absolute Gasteiger partial charge is 0.469 e. The van der Waals surface area contributed by atoms with E-state index in [1.165, 1.54) is 18.2 Å². The van der Waals surface area contributed by atoms with Gasteiger partial charge in [0.1, 0.15) is 0 Å². The lowest BCUT2D eigenvalue weighted by molar-refractivity contribution is -0.142. The van der Waals surface area contributed by atoms with Crippen LogP contribution in [0, 0.1) is 0 Å². The monoisotopic (exact) mass is 311 g/mol. The van der Waals surface area contributed by atoms with Gasteiger partial charge in [0.15, 0.2) is 0 Å². The molecule has 0 aromatic heterocycles. The van der Waals surface area contributed by atoms with Crippen molar-refractivity contribution in [2.75, 3.05) is 7.11 Å². The second-order valence-corrected chi connectivity index (χ2v) is 5.87. The lowest BCUT2D eigenvalue weighted by atomic mass is 10.0. The molecule has 0 amide bonds. The molecule has 1 unspecified atom stereocenters. The zero-order chi connectivity index (χ0) is 16.7. The fraction of sp³-hybridized carbons (Fsp3) is 0.350. The number of carbonyl (C=O) groups excluding carboxylic acids is 1. The highest BCUT2D eigenvalue weighted by Gasteiger charge is 2.23. The molecule has 0 fully saturated rings. The molecule has 2 rings (SSSR count). The van der Waals surface area contributed by atoms with Crippen molar-refractivity contribution in [3.05, 3.63) is 71.8 Å². The van der Waals surface area contributed by atoms with E-state index in [0.717, 1.165) is 6.54 Å². The molecule has 2 aromatic carbocycles. The Labute approximate surface area is 138 Å². The van der Waals surface area contributed by atoms with Crippen LogP contribution in [0.15, 0.2) is 60.7 Å². The Balaban J connectivity index is 2.21. The Morgan fingerprint density at radius 1 is 1.00 bits per heavy atom. The van der Waals surface area contributed by atoms with Crippen molar-refractivity contribution in [2.24, 2.45) is 0 Å². The van der Waals surface area contributed by atoms with Crippen LogP contribution in [-0.4, -0.2) is 24.0 Å². The van der Waals surface area contributed by atoms with E-state index in [1.54, 1.807) is 0 Å². The standard InChI is InChI=1S/C20H25NO2/c1-16(14-20(22)23-3)21(15-18-10-6-4-7-11-18)17(2)19-12-8-5-9-13-19/h4-13,16-17H,14-15H2,1-3H3/t16?,17-/m1/s1. The second-order valence-electron chi connectivity index (χ2n) is 5.87. The molecule has 0 spiro atoms. The summed E-state index contributed by atoms with van der Waals surface area (Å²) in [4.78, 5) is 14.0.